The summed E-state index contributed by atoms with van der Waals surface area (Å²) in [6.45, 7) is 0.658. The first-order chi connectivity index (χ1) is 14.6. The molecule has 0 radical (unpaired) electrons. The molecule has 3 heterocycles. The van der Waals surface area contributed by atoms with E-state index in [2.05, 4.69) is 19.7 Å². The highest BCUT2D eigenvalue weighted by Gasteiger charge is 2.46. The van der Waals surface area contributed by atoms with Crippen LogP contribution in [-0.4, -0.2) is 82.9 Å². The van der Waals surface area contributed by atoms with Gasteiger partial charge in [0.25, 0.3) is 5.85 Å². The van der Waals surface area contributed by atoms with Gasteiger partial charge < -0.3 is 39.9 Å². The van der Waals surface area contributed by atoms with Crippen molar-refractivity contribution in [1.29, 1.82) is 5.26 Å². The molecule has 0 spiro atoms. The Labute approximate surface area is 174 Å². The summed E-state index contributed by atoms with van der Waals surface area (Å²) in [5.41, 5.74) is 5.93. The van der Waals surface area contributed by atoms with Crippen molar-refractivity contribution in [2.45, 2.75) is 37.3 Å². The highest BCUT2D eigenvalue weighted by molar-refractivity contribution is 7.53. The molecule has 0 amide bonds. The summed E-state index contributed by atoms with van der Waals surface area (Å²) in [5, 5.41) is 29.7. The number of imidazole rings is 1. The van der Waals surface area contributed by atoms with Gasteiger partial charge in [-0.15, -0.1) is 0 Å². The first-order valence-electron chi connectivity index (χ1n) is 8.83. The average molecular weight is 458 g/mol. The predicted molar refractivity (Wildman–Crippen MR) is 98.8 cm³/mol. The Morgan fingerprint density at radius 2 is 2.13 bits per heavy atom. The van der Waals surface area contributed by atoms with Crippen LogP contribution in [0.3, 0.4) is 0 Å². The number of rotatable bonds is 7. The van der Waals surface area contributed by atoms with Crippen LogP contribution in [0.4, 0.5) is 5.82 Å². The van der Waals surface area contributed by atoms with Gasteiger partial charge in [-0.05, 0) is 6.92 Å². The summed E-state index contributed by atoms with van der Waals surface area (Å²) in [5.74, 6) is -3.83. The number of aliphatic hydroxyl groups is 2. The second-order valence-corrected chi connectivity index (χ2v) is 8.09. The lowest BCUT2D eigenvalue weighted by Gasteiger charge is -2.20. The fourth-order valence-electron chi connectivity index (χ4n) is 2.97. The molecule has 0 aliphatic carbocycles. The Hall–Kier alpha value is -2.70. The monoisotopic (exact) mass is 458 g/mol. The maximum atomic E-state index is 11.8. The number of nitriles is 1. The zero-order valence-corrected chi connectivity index (χ0v) is 16.9. The Bertz CT molecular complexity index is 1070. The molecule has 2 aromatic rings. The highest BCUT2D eigenvalue weighted by Crippen LogP contribution is 2.43. The van der Waals surface area contributed by atoms with Gasteiger partial charge in [-0.25, -0.2) is 9.78 Å². The fraction of sp³-hybridized carbons (Fsp3) is 0.533. The number of fused-ring (bicyclic) bond motifs is 1. The smallest absolute Gasteiger partial charge is 0.365 e. The standard InChI is InChI=1S/C15H19N6O9P/c1-2-28-14(24)15(31(25,26)27)29-4-6-9(22)10(23)13(30-6)21-5-18-8-11(17)19-7(3-16)20-12(8)21/h5-6,9-10,13,15,22-23H,2,4H2,1H3,(H2,17,19,20)(H2,25,26,27)/t6-,9-,10-,13-,15+/m1/s1. The van der Waals surface area contributed by atoms with Crippen molar-refractivity contribution in [3.63, 3.8) is 0 Å². The molecule has 0 saturated carbocycles. The van der Waals surface area contributed by atoms with Crippen molar-refractivity contribution in [1.82, 2.24) is 19.5 Å². The SMILES string of the molecule is CCOC(=O)[C@@H](OC[C@H]1O[C@@H](n2cnc3c(N)nc(C#N)nc32)[C@H](O)[C@@H]1O)P(=O)(O)O. The van der Waals surface area contributed by atoms with Gasteiger partial charge in [0.1, 0.15) is 29.9 Å². The van der Waals surface area contributed by atoms with Crippen molar-refractivity contribution >= 4 is 30.5 Å². The fourth-order valence-corrected chi connectivity index (χ4v) is 3.60. The molecule has 0 unspecified atom stereocenters. The second kappa shape index (κ2) is 8.81. The Morgan fingerprint density at radius 3 is 2.74 bits per heavy atom. The third-order valence-electron chi connectivity index (χ3n) is 4.37. The number of carbonyl (C=O) groups excluding carboxylic acids is 1. The number of nitrogens with two attached hydrogens (primary N) is 1. The van der Waals surface area contributed by atoms with Crippen LogP contribution in [0.2, 0.25) is 0 Å². The zero-order chi connectivity index (χ0) is 22.9. The first kappa shape index (κ1) is 23.0. The van der Waals surface area contributed by atoms with Crippen LogP contribution in [0.15, 0.2) is 6.33 Å². The highest BCUT2D eigenvalue weighted by atomic mass is 31.2. The maximum Gasteiger partial charge on any atom is 0.365 e. The summed E-state index contributed by atoms with van der Waals surface area (Å²) in [4.78, 5) is 42.2. The van der Waals surface area contributed by atoms with Gasteiger partial charge in [-0.2, -0.15) is 15.2 Å². The molecule has 3 rings (SSSR count). The minimum atomic E-state index is -5.04. The topological polar surface area (TPSA) is 236 Å². The molecule has 0 aromatic carbocycles. The quantitative estimate of drug-likeness (QED) is 0.222. The van der Waals surface area contributed by atoms with Crippen molar-refractivity contribution in [2.75, 3.05) is 18.9 Å². The lowest BCUT2D eigenvalue weighted by molar-refractivity contribution is -0.155. The molecule has 5 atom stereocenters. The summed E-state index contributed by atoms with van der Waals surface area (Å²) < 4.78 is 27.9. The van der Waals surface area contributed by atoms with E-state index in [0.717, 1.165) is 0 Å². The third kappa shape index (κ3) is 4.50. The molecule has 15 nitrogen and oxygen atoms in total. The van der Waals surface area contributed by atoms with E-state index in [4.69, 9.17) is 20.5 Å². The lowest BCUT2D eigenvalue weighted by atomic mass is 10.1. The van der Waals surface area contributed by atoms with Gasteiger partial charge in [0, 0.05) is 0 Å². The van der Waals surface area contributed by atoms with Gasteiger partial charge in [-0.1, -0.05) is 0 Å². The molecule has 1 aliphatic heterocycles. The number of aliphatic hydroxyl groups excluding tert-OH is 2. The minimum Gasteiger partial charge on any atom is -0.464 e. The molecule has 1 fully saturated rings. The van der Waals surface area contributed by atoms with Crippen molar-refractivity contribution in [2.24, 2.45) is 0 Å². The number of anilines is 1. The molecular weight excluding hydrogens is 439 g/mol. The van der Waals surface area contributed by atoms with Crippen molar-refractivity contribution in [3.8, 4) is 6.07 Å². The molecule has 168 valence electrons. The zero-order valence-electron chi connectivity index (χ0n) is 16.0. The number of ether oxygens (including phenoxy) is 3. The first-order valence-corrected chi connectivity index (χ1v) is 10.5. The van der Waals surface area contributed by atoms with Gasteiger partial charge >= 0.3 is 13.6 Å². The van der Waals surface area contributed by atoms with E-state index in [0.29, 0.717) is 0 Å². The molecular formula is C15H19N6O9P. The minimum absolute atomic E-state index is 0.0569. The molecule has 31 heavy (non-hydrogen) atoms. The molecule has 2 aromatic heterocycles. The number of nitrogens with zero attached hydrogens (tertiary/aromatic N) is 5. The van der Waals surface area contributed by atoms with Gasteiger partial charge in [0.2, 0.25) is 5.82 Å². The Morgan fingerprint density at radius 1 is 1.42 bits per heavy atom. The van der Waals surface area contributed by atoms with E-state index < -0.39 is 50.6 Å². The number of hydrogen-bond acceptors (Lipinski definition) is 12. The van der Waals surface area contributed by atoms with Crippen LogP contribution in [0.25, 0.3) is 11.2 Å². The van der Waals surface area contributed by atoms with Crippen LogP contribution in [0, 0.1) is 11.3 Å². The van der Waals surface area contributed by atoms with Crippen LogP contribution < -0.4 is 5.73 Å². The number of aromatic nitrogens is 4. The van der Waals surface area contributed by atoms with Crippen LogP contribution in [0.5, 0.6) is 0 Å². The lowest BCUT2D eigenvalue weighted by Crippen LogP contribution is -2.36. The molecule has 6 N–H and O–H groups in total. The Balaban J connectivity index is 1.81. The largest absolute Gasteiger partial charge is 0.464 e. The van der Waals surface area contributed by atoms with Crippen molar-refractivity contribution < 1.29 is 43.6 Å². The summed E-state index contributed by atoms with van der Waals surface area (Å²) in [6, 6.07) is 1.73. The Kier molecular flexibility index (Phi) is 6.53. The average Bonchev–Trinajstić information content (AvgIpc) is 3.23. The van der Waals surface area contributed by atoms with E-state index in [1.165, 1.54) is 17.8 Å². The van der Waals surface area contributed by atoms with Gasteiger partial charge in [0.05, 0.1) is 19.5 Å². The number of hydrogen-bond donors (Lipinski definition) is 5. The number of nitrogen functional groups attached to an aromatic ring is 1. The van der Waals surface area contributed by atoms with Crippen molar-refractivity contribution in [3.05, 3.63) is 12.2 Å². The van der Waals surface area contributed by atoms with Crippen LogP contribution in [-0.2, 0) is 23.6 Å². The van der Waals surface area contributed by atoms with Gasteiger partial charge in [0.15, 0.2) is 17.7 Å². The number of esters is 1. The van der Waals surface area contributed by atoms with Crippen LogP contribution in [0.1, 0.15) is 19.0 Å². The van der Waals surface area contributed by atoms with E-state index in [1.807, 2.05) is 0 Å². The summed E-state index contributed by atoms with van der Waals surface area (Å²) >= 11 is 0. The molecule has 1 saturated heterocycles. The van der Waals surface area contributed by atoms with E-state index in [-0.39, 0.29) is 29.4 Å². The number of carbonyl (C=O) groups is 1. The molecule has 16 heteroatoms. The van der Waals surface area contributed by atoms with E-state index >= 15 is 0 Å². The van der Waals surface area contributed by atoms with E-state index in [9.17, 15) is 29.4 Å². The third-order valence-corrected chi connectivity index (χ3v) is 5.34. The normalized spacial score (nSPS) is 24.8. The van der Waals surface area contributed by atoms with Crippen LogP contribution >= 0.6 is 7.60 Å². The predicted octanol–water partition coefficient (Wildman–Crippen LogP) is -2.02. The van der Waals surface area contributed by atoms with Gasteiger partial charge in [-0.3, -0.25) is 9.13 Å². The van der Waals surface area contributed by atoms with E-state index in [1.54, 1.807) is 6.07 Å². The molecule has 0 bridgehead atoms. The summed E-state index contributed by atoms with van der Waals surface area (Å²) in [6.07, 6.45) is -4.43. The molecule has 1 aliphatic rings. The summed E-state index contributed by atoms with van der Waals surface area (Å²) in [7, 11) is -5.04. The maximum absolute atomic E-state index is 11.8. The second-order valence-electron chi connectivity index (χ2n) is 6.44.